The van der Waals surface area contributed by atoms with E-state index in [0.29, 0.717) is 0 Å². The molecule has 0 aliphatic heterocycles. The van der Waals surface area contributed by atoms with Gasteiger partial charge >= 0.3 is 31.5 Å². The molecule has 0 N–H and O–H groups in total. The first-order valence-corrected chi connectivity index (χ1v) is 10.2. The molecule has 0 atom stereocenters. The molecule has 0 spiro atoms. The molecule has 0 saturated carbocycles. The van der Waals surface area contributed by atoms with Crippen LogP contribution in [0.15, 0.2) is 0 Å². The molecule has 3 nitrogen and oxygen atoms in total. The summed E-state index contributed by atoms with van der Waals surface area (Å²) in [6, 6.07) is 0. The fourth-order valence-corrected chi connectivity index (χ4v) is 0.671. The van der Waals surface area contributed by atoms with E-state index < -0.39 is 0 Å². The predicted octanol–water partition coefficient (Wildman–Crippen LogP) is 5.04. The van der Waals surface area contributed by atoms with Crippen molar-refractivity contribution in [3.05, 3.63) is 16.0 Å². The quantitative estimate of drug-likeness (QED) is 0.606. The summed E-state index contributed by atoms with van der Waals surface area (Å²) >= 11 is 4.75. The van der Waals surface area contributed by atoms with E-state index in [4.69, 9.17) is 0 Å². The van der Waals surface area contributed by atoms with Gasteiger partial charge in [0.05, 0.1) is 0 Å². The van der Waals surface area contributed by atoms with Gasteiger partial charge in [-0.15, -0.1) is 0 Å². The summed E-state index contributed by atoms with van der Waals surface area (Å²) in [6.45, 7) is 18.1. The van der Waals surface area contributed by atoms with E-state index in [1.807, 2.05) is 59.9 Å². The Bertz CT molecular complexity index is 58.5. The zero-order valence-electron chi connectivity index (χ0n) is 12.5. The predicted molar refractivity (Wildman–Crippen MR) is 82.3 cm³/mol. The summed E-state index contributed by atoms with van der Waals surface area (Å²) in [4.78, 5) is 0. The second-order valence-corrected chi connectivity index (χ2v) is 2.57. The molecule has 0 unspecified atom stereocenters. The molecule has 17 heavy (non-hydrogen) atoms. The Hall–Kier alpha value is 1.07. The van der Waals surface area contributed by atoms with Crippen LogP contribution in [0, 0.1) is 0 Å². The first-order chi connectivity index (χ1) is 8.24. The first-order valence-electron chi connectivity index (χ1n) is 6.33. The van der Waals surface area contributed by atoms with Gasteiger partial charge in [-0.3, -0.25) is 0 Å². The van der Waals surface area contributed by atoms with Crippen LogP contribution >= 0.6 is 13.2 Å². The van der Waals surface area contributed by atoms with E-state index in [9.17, 15) is 0 Å². The van der Waals surface area contributed by atoms with Crippen molar-refractivity contribution in [1.82, 2.24) is 0 Å². The molecule has 0 aliphatic rings. The molecule has 0 rings (SSSR count). The van der Waals surface area contributed by atoms with Crippen molar-refractivity contribution in [2.45, 2.75) is 41.5 Å². The van der Waals surface area contributed by atoms with Crippen molar-refractivity contribution < 1.29 is 18.3 Å². The number of hydrogen-bond donors (Lipinski definition) is 0. The van der Waals surface area contributed by atoms with Crippen LogP contribution in [0.25, 0.3) is 16.0 Å². The van der Waals surface area contributed by atoms with Crippen LogP contribution < -0.4 is 0 Å². The Kier molecular flexibility index (Phi) is 68.0. The molecule has 0 bridgehead atoms. The molecule has 0 aromatic carbocycles. The third-order valence-electron chi connectivity index (χ3n) is 1.34. The number of hydrogen-bond acceptors (Lipinski definition) is 0. The zero-order chi connectivity index (χ0) is 14.4. The molecule has 0 amide bonds. The average molecular weight is 344 g/mol. The molecular weight excluding hydrogens is 314 g/mol. The van der Waals surface area contributed by atoms with Gasteiger partial charge in [-0.25, -0.2) is 0 Å². The SMILES string of the molecule is CC[N-]CC.CC[N-]CC.CC[N-]CC.[Ti+3][Br]. The Balaban J connectivity index is -0.0000000693. The normalized spacial score (nSPS) is 7.82. The van der Waals surface area contributed by atoms with Gasteiger partial charge < -0.3 is 16.0 Å². The molecule has 0 aromatic rings. The molecule has 5 heteroatoms. The maximum absolute atomic E-state index is 3.97. The van der Waals surface area contributed by atoms with Gasteiger partial charge in [-0.1, -0.05) is 41.5 Å². The Morgan fingerprint density at radius 2 is 0.647 bits per heavy atom. The fourth-order valence-electron chi connectivity index (χ4n) is 0.671. The van der Waals surface area contributed by atoms with Gasteiger partial charge in [0, 0.05) is 0 Å². The van der Waals surface area contributed by atoms with Crippen molar-refractivity contribution in [2.75, 3.05) is 39.3 Å². The summed E-state index contributed by atoms with van der Waals surface area (Å²) in [5.74, 6) is 0. The van der Waals surface area contributed by atoms with E-state index >= 15 is 0 Å². The summed E-state index contributed by atoms with van der Waals surface area (Å²) in [5.41, 5.74) is 0. The molecule has 104 valence electrons. The minimum absolute atomic E-state index is 0.969. The number of halogens is 1. The summed E-state index contributed by atoms with van der Waals surface area (Å²) in [7, 11) is 0. The minimum atomic E-state index is 0.969. The van der Waals surface area contributed by atoms with Gasteiger partial charge in [0.25, 0.3) is 0 Å². The number of rotatable bonds is 6. The molecule has 0 fully saturated rings. The van der Waals surface area contributed by atoms with Crippen LogP contribution in [0.5, 0.6) is 0 Å². The van der Waals surface area contributed by atoms with E-state index in [1.165, 1.54) is 0 Å². The summed E-state index contributed by atoms with van der Waals surface area (Å²) in [5, 5.41) is 11.9. The van der Waals surface area contributed by atoms with Crippen LogP contribution in [0.3, 0.4) is 0 Å². The second-order valence-electron chi connectivity index (χ2n) is 2.57. The monoisotopic (exact) mass is 343 g/mol. The summed E-state index contributed by atoms with van der Waals surface area (Å²) < 4.78 is 0. The third kappa shape index (κ3) is 77.5. The van der Waals surface area contributed by atoms with Crippen molar-refractivity contribution in [3.63, 3.8) is 0 Å². The van der Waals surface area contributed by atoms with Crippen molar-refractivity contribution in [3.8, 4) is 0 Å². The molecule has 0 aliphatic carbocycles. The van der Waals surface area contributed by atoms with Crippen LogP contribution in [0.1, 0.15) is 41.5 Å². The van der Waals surface area contributed by atoms with Gasteiger partial charge in [0.1, 0.15) is 0 Å². The van der Waals surface area contributed by atoms with E-state index in [0.717, 1.165) is 39.3 Å². The maximum atomic E-state index is 3.97. The van der Waals surface area contributed by atoms with Crippen molar-refractivity contribution >= 4 is 13.2 Å². The average Bonchev–Trinajstić information content (AvgIpc) is 2.36. The van der Waals surface area contributed by atoms with Crippen LogP contribution in [-0.4, -0.2) is 39.3 Å². The zero-order valence-corrected chi connectivity index (χ0v) is 15.6. The number of nitrogens with zero attached hydrogens (tertiary/aromatic N) is 3. The topological polar surface area (TPSA) is 42.3 Å². The molecular formula is C12H30BrN3Ti. The van der Waals surface area contributed by atoms with Crippen molar-refractivity contribution in [2.24, 2.45) is 0 Å². The second kappa shape index (κ2) is 43.5. The standard InChI is InChI=1S/3C4H10N.BrH.Ti/c3*1-3-5-4-2;;/h3*3-4H2,1-2H3;1H;/q3*-1;;+4/p-1. The first kappa shape index (κ1) is 26.6. The van der Waals surface area contributed by atoms with Crippen LogP contribution in [-0.2, 0) is 18.3 Å². The van der Waals surface area contributed by atoms with Crippen LogP contribution in [0.4, 0.5) is 0 Å². The van der Waals surface area contributed by atoms with E-state index in [-0.39, 0.29) is 0 Å². The van der Waals surface area contributed by atoms with Gasteiger partial charge in [0.15, 0.2) is 0 Å². The molecule has 0 radical (unpaired) electrons. The van der Waals surface area contributed by atoms with Gasteiger partial charge in [0.2, 0.25) is 0 Å². The summed E-state index contributed by atoms with van der Waals surface area (Å²) in [6.07, 6.45) is 0. The van der Waals surface area contributed by atoms with Crippen LogP contribution in [0.2, 0.25) is 0 Å². The van der Waals surface area contributed by atoms with Crippen molar-refractivity contribution in [1.29, 1.82) is 0 Å². The molecule has 0 heterocycles. The molecule has 0 saturated heterocycles. The van der Waals surface area contributed by atoms with E-state index in [1.54, 1.807) is 0 Å². The Morgan fingerprint density at radius 1 is 0.529 bits per heavy atom. The molecule has 0 aromatic heterocycles. The Labute approximate surface area is 128 Å². The van der Waals surface area contributed by atoms with Gasteiger partial charge in [-0.05, 0) is 0 Å². The Morgan fingerprint density at radius 3 is 0.647 bits per heavy atom. The fraction of sp³-hybridized carbons (Fsp3) is 1.00. The third-order valence-corrected chi connectivity index (χ3v) is 1.34. The van der Waals surface area contributed by atoms with Gasteiger partial charge in [-0.2, -0.15) is 39.3 Å². The van der Waals surface area contributed by atoms with E-state index in [2.05, 4.69) is 29.1 Å².